The van der Waals surface area contributed by atoms with Gasteiger partial charge in [0.25, 0.3) is 0 Å². The van der Waals surface area contributed by atoms with Crippen molar-refractivity contribution < 1.29 is 0 Å². The van der Waals surface area contributed by atoms with E-state index >= 15 is 0 Å². The Morgan fingerprint density at radius 1 is 1.44 bits per heavy atom. The van der Waals surface area contributed by atoms with Crippen LogP contribution in [0.5, 0.6) is 0 Å². The van der Waals surface area contributed by atoms with Gasteiger partial charge < -0.3 is 10.3 Å². The van der Waals surface area contributed by atoms with Crippen LogP contribution in [0.2, 0.25) is 0 Å². The number of hydrogen-bond acceptors (Lipinski definition) is 4. The number of hydrogen-bond donors (Lipinski definition) is 2. The van der Waals surface area contributed by atoms with Crippen LogP contribution in [0.3, 0.4) is 0 Å². The molecule has 2 heterocycles. The standard InChI is InChI=1S/C13H23N3S2/c1-9(2)6-14-7-11-8-15-13(16-11)12-10(3)17-4-5-18-12/h8-10,12,14H,4-7H2,1-3H3,(H,15,16). The Morgan fingerprint density at radius 3 is 2.94 bits per heavy atom. The van der Waals surface area contributed by atoms with Crippen molar-refractivity contribution in [3.63, 3.8) is 0 Å². The summed E-state index contributed by atoms with van der Waals surface area (Å²) in [6.07, 6.45) is 1.98. The van der Waals surface area contributed by atoms with E-state index in [1.54, 1.807) is 0 Å². The van der Waals surface area contributed by atoms with E-state index in [1.165, 1.54) is 17.2 Å². The van der Waals surface area contributed by atoms with Crippen molar-refractivity contribution in [2.75, 3.05) is 18.1 Å². The van der Waals surface area contributed by atoms with Gasteiger partial charge in [0.2, 0.25) is 0 Å². The molecule has 2 rings (SSSR count). The summed E-state index contributed by atoms with van der Waals surface area (Å²) >= 11 is 4.09. The fourth-order valence-corrected chi connectivity index (χ4v) is 4.76. The number of nitrogens with zero attached hydrogens (tertiary/aromatic N) is 1. The van der Waals surface area contributed by atoms with Crippen LogP contribution in [0.25, 0.3) is 0 Å². The predicted molar refractivity (Wildman–Crippen MR) is 82.3 cm³/mol. The predicted octanol–water partition coefficient (Wildman–Crippen LogP) is 3.06. The van der Waals surface area contributed by atoms with Gasteiger partial charge in [0.15, 0.2) is 0 Å². The Kier molecular flexibility index (Phi) is 5.45. The highest BCUT2D eigenvalue weighted by molar-refractivity contribution is 8.06. The lowest BCUT2D eigenvalue weighted by molar-refractivity contribution is 0.548. The molecule has 1 fully saturated rings. The van der Waals surface area contributed by atoms with Crippen molar-refractivity contribution in [3.05, 3.63) is 17.7 Å². The van der Waals surface area contributed by atoms with Crippen molar-refractivity contribution in [1.29, 1.82) is 0 Å². The second-order valence-corrected chi connectivity index (χ2v) is 7.92. The third kappa shape index (κ3) is 3.93. The van der Waals surface area contributed by atoms with Crippen molar-refractivity contribution >= 4 is 23.5 Å². The topological polar surface area (TPSA) is 40.7 Å². The summed E-state index contributed by atoms with van der Waals surface area (Å²) in [7, 11) is 0. The van der Waals surface area contributed by atoms with E-state index in [-0.39, 0.29) is 0 Å². The third-order valence-corrected chi connectivity index (χ3v) is 6.07. The van der Waals surface area contributed by atoms with Gasteiger partial charge in [-0.15, -0.1) is 11.8 Å². The molecule has 18 heavy (non-hydrogen) atoms. The van der Waals surface area contributed by atoms with Gasteiger partial charge in [-0.25, -0.2) is 4.98 Å². The number of nitrogens with one attached hydrogen (secondary N) is 2. The molecule has 1 aromatic rings. The summed E-state index contributed by atoms with van der Waals surface area (Å²) in [4.78, 5) is 8.04. The number of aromatic nitrogens is 2. The minimum Gasteiger partial charge on any atom is -0.344 e. The van der Waals surface area contributed by atoms with Crippen LogP contribution >= 0.6 is 23.5 Å². The van der Waals surface area contributed by atoms with Gasteiger partial charge in [-0.1, -0.05) is 20.8 Å². The monoisotopic (exact) mass is 285 g/mol. The third-order valence-electron chi connectivity index (χ3n) is 2.97. The number of thioether (sulfide) groups is 2. The first kappa shape index (κ1) is 14.3. The highest BCUT2D eigenvalue weighted by Gasteiger charge is 2.26. The molecule has 0 saturated carbocycles. The second-order valence-electron chi connectivity index (χ2n) is 5.19. The molecule has 102 valence electrons. The van der Waals surface area contributed by atoms with Gasteiger partial charge in [-0.3, -0.25) is 0 Å². The molecule has 2 atom stereocenters. The number of imidazole rings is 1. The average Bonchev–Trinajstić information content (AvgIpc) is 2.78. The Balaban J connectivity index is 1.88. The zero-order valence-electron chi connectivity index (χ0n) is 11.4. The quantitative estimate of drug-likeness (QED) is 0.872. The molecular weight excluding hydrogens is 262 g/mol. The van der Waals surface area contributed by atoms with E-state index < -0.39 is 0 Å². The first-order chi connectivity index (χ1) is 8.66. The smallest absolute Gasteiger partial charge is 0.120 e. The molecule has 2 unspecified atom stereocenters. The maximum Gasteiger partial charge on any atom is 0.120 e. The lowest BCUT2D eigenvalue weighted by atomic mass is 10.2. The maximum absolute atomic E-state index is 4.56. The lowest BCUT2D eigenvalue weighted by Gasteiger charge is -2.26. The number of H-pyrrole nitrogens is 1. The minimum atomic E-state index is 0.530. The molecule has 0 radical (unpaired) electrons. The largest absolute Gasteiger partial charge is 0.344 e. The summed E-state index contributed by atoms with van der Waals surface area (Å²) in [5.74, 6) is 4.35. The lowest BCUT2D eigenvalue weighted by Crippen LogP contribution is -2.19. The summed E-state index contributed by atoms with van der Waals surface area (Å²) in [6.45, 7) is 8.70. The molecular formula is C13H23N3S2. The molecule has 0 bridgehead atoms. The van der Waals surface area contributed by atoms with Crippen molar-refractivity contribution in [1.82, 2.24) is 15.3 Å². The van der Waals surface area contributed by atoms with Gasteiger partial charge in [-0.2, -0.15) is 11.8 Å². The zero-order chi connectivity index (χ0) is 13.0. The van der Waals surface area contributed by atoms with Crippen molar-refractivity contribution in [2.24, 2.45) is 5.92 Å². The molecule has 1 saturated heterocycles. The van der Waals surface area contributed by atoms with E-state index in [1.807, 2.05) is 18.0 Å². The fourth-order valence-electron chi connectivity index (χ4n) is 2.04. The van der Waals surface area contributed by atoms with Crippen LogP contribution in [0, 0.1) is 5.92 Å². The maximum atomic E-state index is 4.56. The Bertz CT molecular complexity index is 365. The number of rotatable bonds is 5. The molecule has 2 N–H and O–H groups in total. The molecule has 1 aromatic heterocycles. The summed E-state index contributed by atoms with van der Waals surface area (Å²) in [6, 6.07) is 0. The molecule has 0 aromatic carbocycles. The Morgan fingerprint density at radius 2 is 2.22 bits per heavy atom. The SMILES string of the molecule is CC(C)CNCc1cnc(C2SCCSC2C)[nH]1. The van der Waals surface area contributed by atoms with Crippen molar-refractivity contribution in [2.45, 2.75) is 37.8 Å². The van der Waals surface area contributed by atoms with Crippen LogP contribution in [0.1, 0.15) is 37.5 Å². The Hall–Kier alpha value is -0.130. The van der Waals surface area contributed by atoms with Crippen LogP contribution in [0.4, 0.5) is 0 Å². The van der Waals surface area contributed by atoms with Crippen LogP contribution in [-0.2, 0) is 6.54 Å². The normalized spacial score (nSPS) is 24.7. The molecule has 0 spiro atoms. The average molecular weight is 285 g/mol. The molecule has 1 aliphatic rings. The van der Waals surface area contributed by atoms with E-state index in [9.17, 15) is 0 Å². The summed E-state index contributed by atoms with van der Waals surface area (Å²) in [5.41, 5.74) is 1.20. The van der Waals surface area contributed by atoms with E-state index in [4.69, 9.17) is 0 Å². The summed E-state index contributed by atoms with van der Waals surface area (Å²) in [5, 5.41) is 4.63. The van der Waals surface area contributed by atoms with Gasteiger partial charge >= 0.3 is 0 Å². The van der Waals surface area contributed by atoms with Crippen molar-refractivity contribution in [3.8, 4) is 0 Å². The molecule has 0 amide bonds. The van der Waals surface area contributed by atoms with Crippen LogP contribution in [-0.4, -0.2) is 33.3 Å². The van der Waals surface area contributed by atoms with E-state index in [0.29, 0.717) is 16.4 Å². The van der Waals surface area contributed by atoms with Gasteiger partial charge in [0.05, 0.1) is 5.25 Å². The number of aromatic amines is 1. The first-order valence-corrected chi connectivity index (χ1v) is 8.74. The van der Waals surface area contributed by atoms with Crippen LogP contribution < -0.4 is 5.32 Å². The molecule has 5 heteroatoms. The van der Waals surface area contributed by atoms with Gasteiger partial charge in [0, 0.05) is 35.2 Å². The van der Waals surface area contributed by atoms with E-state index in [0.717, 1.165) is 18.9 Å². The van der Waals surface area contributed by atoms with Gasteiger partial charge in [-0.05, 0) is 12.5 Å². The highest BCUT2D eigenvalue weighted by Crippen LogP contribution is 2.40. The van der Waals surface area contributed by atoms with Crippen LogP contribution in [0.15, 0.2) is 6.20 Å². The van der Waals surface area contributed by atoms with E-state index in [2.05, 4.69) is 47.8 Å². The molecule has 0 aliphatic carbocycles. The molecule has 3 nitrogen and oxygen atoms in total. The zero-order valence-corrected chi connectivity index (χ0v) is 13.0. The van der Waals surface area contributed by atoms with Gasteiger partial charge in [0.1, 0.15) is 5.82 Å². The summed E-state index contributed by atoms with van der Waals surface area (Å²) < 4.78 is 0. The minimum absolute atomic E-state index is 0.530. The fraction of sp³-hybridized carbons (Fsp3) is 0.769. The highest BCUT2D eigenvalue weighted by atomic mass is 32.2. The Labute approximate surface area is 118 Å². The molecule has 1 aliphatic heterocycles. The first-order valence-electron chi connectivity index (χ1n) is 6.64. The second kappa shape index (κ2) is 6.87.